The smallest absolute Gasteiger partial charge is 0.409 e. The number of hydrogen-bond donors (Lipinski definition) is 0. The van der Waals surface area contributed by atoms with E-state index < -0.39 is 0 Å². The number of nitrogens with zero attached hydrogens (tertiary/aromatic N) is 5. The third-order valence-corrected chi connectivity index (χ3v) is 8.67. The van der Waals surface area contributed by atoms with Crippen LogP contribution < -0.4 is 4.74 Å². The van der Waals surface area contributed by atoms with Crippen LogP contribution in [0.3, 0.4) is 0 Å². The summed E-state index contributed by atoms with van der Waals surface area (Å²) < 4.78 is 31.1. The zero-order valence-electron chi connectivity index (χ0n) is 26.5. The summed E-state index contributed by atoms with van der Waals surface area (Å²) in [6.07, 6.45) is 8.60. The number of pyridine rings is 1. The SMILES string of the molecule is CC(C)OC(=O)[C@H]1CCC[C@H](Oc2ccc(-c3nnn(C)c3COC(=O)N(C)CC3CCC3)nc2COC2CCCCO2)C1. The summed E-state index contributed by atoms with van der Waals surface area (Å²) in [5.41, 5.74) is 2.34. The summed E-state index contributed by atoms with van der Waals surface area (Å²) in [7, 11) is 3.54. The van der Waals surface area contributed by atoms with Gasteiger partial charge in [0.2, 0.25) is 0 Å². The number of aryl methyl sites for hydroxylation is 1. The molecule has 5 rings (SSSR count). The van der Waals surface area contributed by atoms with Crippen molar-refractivity contribution in [3.8, 4) is 17.1 Å². The van der Waals surface area contributed by atoms with E-state index in [0.29, 0.717) is 54.0 Å². The second-order valence-corrected chi connectivity index (χ2v) is 12.6. The van der Waals surface area contributed by atoms with Crippen LogP contribution >= 0.6 is 0 Å². The van der Waals surface area contributed by atoms with Crippen molar-refractivity contribution in [2.75, 3.05) is 20.2 Å². The predicted molar refractivity (Wildman–Crippen MR) is 160 cm³/mol. The van der Waals surface area contributed by atoms with E-state index >= 15 is 0 Å². The summed E-state index contributed by atoms with van der Waals surface area (Å²) in [5.74, 6) is 0.808. The first-order chi connectivity index (χ1) is 21.3. The Labute approximate surface area is 259 Å². The van der Waals surface area contributed by atoms with Gasteiger partial charge in [-0.2, -0.15) is 0 Å². The lowest BCUT2D eigenvalue weighted by atomic mass is 9.85. The van der Waals surface area contributed by atoms with Crippen LogP contribution in [0.2, 0.25) is 0 Å². The monoisotopic (exact) mass is 613 g/mol. The Bertz CT molecular complexity index is 1260. The Morgan fingerprint density at radius 1 is 1.07 bits per heavy atom. The summed E-state index contributed by atoms with van der Waals surface area (Å²) in [5, 5.41) is 8.55. The molecule has 0 spiro atoms. The maximum Gasteiger partial charge on any atom is 0.409 e. The minimum atomic E-state index is -0.370. The van der Waals surface area contributed by atoms with Crippen molar-refractivity contribution < 1.29 is 33.3 Å². The normalized spacial score (nSPS) is 22.3. The van der Waals surface area contributed by atoms with Crippen molar-refractivity contribution in [2.45, 2.75) is 110 Å². The van der Waals surface area contributed by atoms with Crippen LogP contribution in [-0.2, 0) is 44.0 Å². The molecule has 1 aliphatic heterocycles. The van der Waals surface area contributed by atoms with Gasteiger partial charge in [0, 0.05) is 27.2 Å². The molecular weight excluding hydrogens is 566 g/mol. The van der Waals surface area contributed by atoms with E-state index in [9.17, 15) is 9.59 Å². The zero-order valence-corrected chi connectivity index (χ0v) is 26.5. The summed E-state index contributed by atoms with van der Waals surface area (Å²) in [4.78, 5) is 31.8. The van der Waals surface area contributed by atoms with Gasteiger partial charge in [0.05, 0.1) is 30.4 Å². The molecule has 3 fully saturated rings. The number of rotatable bonds is 12. The van der Waals surface area contributed by atoms with E-state index in [1.165, 1.54) is 6.42 Å². The molecule has 12 heteroatoms. The molecule has 2 aromatic heterocycles. The molecule has 0 N–H and O–H groups in total. The molecule has 1 unspecified atom stereocenters. The number of aromatic nitrogens is 4. The standard InChI is InChI=1S/C32H47N5O7/c1-21(2)43-31(38)23-11-8-12-24(17-23)44-28-15-14-25(33-26(28)19-41-29-13-5-6-16-40-29)30-27(37(4)35-34-30)20-42-32(39)36(3)18-22-9-7-10-22/h14-15,21-24,29H,5-13,16-20H2,1-4H3/t23-,24-,29?/m0/s1. The quantitative estimate of drug-likeness (QED) is 0.296. The minimum absolute atomic E-state index is 0.0181. The molecule has 2 saturated carbocycles. The Balaban J connectivity index is 1.31. The fraction of sp³-hybridized carbons (Fsp3) is 0.719. The van der Waals surface area contributed by atoms with Gasteiger partial charge in [0.1, 0.15) is 29.4 Å². The molecular formula is C32H47N5O7. The van der Waals surface area contributed by atoms with Crippen molar-refractivity contribution in [1.29, 1.82) is 0 Å². The predicted octanol–water partition coefficient (Wildman–Crippen LogP) is 5.18. The van der Waals surface area contributed by atoms with Gasteiger partial charge in [-0.15, -0.1) is 5.10 Å². The minimum Gasteiger partial charge on any atom is -0.488 e. The molecule has 12 nitrogen and oxygen atoms in total. The largest absolute Gasteiger partial charge is 0.488 e. The maximum absolute atomic E-state index is 12.7. The average molecular weight is 614 g/mol. The molecule has 3 heterocycles. The first kappa shape index (κ1) is 32.2. The fourth-order valence-corrected chi connectivity index (χ4v) is 5.93. The second-order valence-electron chi connectivity index (χ2n) is 12.6. The van der Waals surface area contributed by atoms with E-state index in [1.807, 2.05) is 26.0 Å². The van der Waals surface area contributed by atoms with Crippen molar-refractivity contribution in [3.63, 3.8) is 0 Å². The Morgan fingerprint density at radius 3 is 2.61 bits per heavy atom. The molecule has 44 heavy (non-hydrogen) atoms. The van der Waals surface area contributed by atoms with Gasteiger partial charge >= 0.3 is 12.1 Å². The van der Waals surface area contributed by atoms with E-state index in [2.05, 4.69) is 10.3 Å². The van der Waals surface area contributed by atoms with Gasteiger partial charge in [-0.3, -0.25) is 4.79 Å². The summed E-state index contributed by atoms with van der Waals surface area (Å²) in [6.45, 7) is 5.32. The first-order valence-corrected chi connectivity index (χ1v) is 16.1. The van der Waals surface area contributed by atoms with Crippen LogP contribution in [-0.4, -0.2) is 75.6 Å². The molecule has 242 valence electrons. The van der Waals surface area contributed by atoms with Crippen LogP contribution in [0.5, 0.6) is 5.75 Å². The third-order valence-electron chi connectivity index (χ3n) is 8.67. The van der Waals surface area contributed by atoms with E-state index in [-0.39, 0.29) is 49.7 Å². The Morgan fingerprint density at radius 2 is 1.89 bits per heavy atom. The lowest BCUT2D eigenvalue weighted by Crippen LogP contribution is -2.34. The number of carbonyl (C=O) groups excluding carboxylic acids is 2. The Hall–Kier alpha value is -3.25. The molecule has 0 radical (unpaired) electrons. The molecule has 3 atom stereocenters. The van der Waals surface area contributed by atoms with Crippen LogP contribution in [0.25, 0.3) is 11.4 Å². The van der Waals surface area contributed by atoms with Crippen LogP contribution in [0.15, 0.2) is 12.1 Å². The number of hydrogen-bond acceptors (Lipinski definition) is 10. The van der Waals surface area contributed by atoms with Crippen molar-refractivity contribution in [3.05, 3.63) is 23.5 Å². The lowest BCUT2D eigenvalue weighted by Gasteiger charge is -2.29. The van der Waals surface area contributed by atoms with Gasteiger partial charge in [-0.05, 0) is 89.7 Å². The Kier molecular flexibility index (Phi) is 11.1. The van der Waals surface area contributed by atoms with Crippen LogP contribution in [0, 0.1) is 11.8 Å². The molecule has 2 aromatic rings. The van der Waals surface area contributed by atoms with Crippen LogP contribution in [0.4, 0.5) is 4.79 Å². The molecule has 1 amide bonds. The van der Waals surface area contributed by atoms with E-state index in [0.717, 1.165) is 51.4 Å². The molecule has 2 aliphatic carbocycles. The average Bonchev–Trinajstić information content (AvgIpc) is 3.37. The third kappa shape index (κ3) is 8.47. The lowest BCUT2D eigenvalue weighted by molar-refractivity contribution is -0.169. The highest BCUT2D eigenvalue weighted by Gasteiger charge is 2.31. The molecule has 3 aliphatic rings. The number of esters is 1. The highest BCUT2D eigenvalue weighted by molar-refractivity contribution is 5.72. The summed E-state index contributed by atoms with van der Waals surface area (Å²) in [6, 6.07) is 3.71. The van der Waals surface area contributed by atoms with Crippen molar-refractivity contribution in [1.82, 2.24) is 24.9 Å². The van der Waals surface area contributed by atoms with Gasteiger partial charge in [0.25, 0.3) is 0 Å². The second kappa shape index (κ2) is 15.2. The topological polar surface area (TPSA) is 127 Å². The van der Waals surface area contributed by atoms with Crippen LogP contribution in [0.1, 0.15) is 89.4 Å². The summed E-state index contributed by atoms with van der Waals surface area (Å²) >= 11 is 0. The van der Waals surface area contributed by atoms with Gasteiger partial charge in [-0.1, -0.05) is 11.6 Å². The van der Waals surface area contributed by atoms with E-state index in [1.54, 1.807) is 23.7 Å². The highest BCUT2D eigenvalue weighted by atomic mass is 16.7. The number of carbonyl (C=O) groups is 2. The fourth-order valence-electron chi connectivity index (χ4n) is 5.93. The van der Waals surface area contributed by atoms with Gasteiger partial charge in [-0.25, -0.2) is 14.5 Å². The first-order valence-electron chi connectivity index (χ1n) is 16.1. The van der Waals surface area contributed by atoms with E-state index in [4.69, 9.17) is 28.7 Å². The number of amides is 1. The van der Waals surface area contributed by atoms with Crippen molar-refractivity contribution in [2.24, 2.45) is 18.9 Å². The molecule has 0 bridgehead atoms. The highest BCUT2D eigenvalue weighted by Crippen LogP contribution is 2.32. The van der Waals surface area contributed by atoms with Gasteiger partial charge < -0.3 is 28.6 Å². The zero-order chi connectivity index (χ0) is 31.1. The van der Waals surface area contributed by atoms with Crippen molar-refractivity contribution >= 4 is 12.1 Å². The maximum atomic E-state index is 12.7. The van der Waals surface area contributed by atoms with Gasteiger partial charge in [0.15, 0.2) is 6.29 Å². The number of ether oxygens (including phenoxy) is 5. The molecule has 1 saturated heterocycles. The molecule has 0 aromatic carbocycles.